The molecule has 1 fully saturated rings. The molecule has 3 nitrogen and oxygen atoms in total. The van der Waals surface area contributed by atoms with Crippen LogP contribution in [0.3, 0.4) is 0 Å². The van der Waals surface area contributed by atoms with Crippen molar-refractivity contribution >= 4 is 22.7 Å². The minimum atomic E-state index is -0.272. The predicted molar refractivity (Wildman–Crippen MR) is 81.3 cm³/mol. The van der Waals surface area contributed by atoms with E-state index < -0.39 is 0 Å². The Balaban J connectivity index is 1.96. The van der Waals surface area contributed by atoms with Crippen LogP contribution in [0.4, 0.5) is 0 Å². The van der Waals surface area contributed by atoms with E-state index in [-0.39, 0.29) is 11.1 Å². The summed E-state index contributed by atoms with van der Waals surface area (Å²) in [6.07, 6.45) is 5.87. The molecule has 2 aromatic rings. The van der Waals surface area contributed by atoms with Gasteiger partial charge in [-0.15, -0.1) is 11.6 Å². The number of nitrogens with zero attached hydrogens (tertiary/aromatic N) is 1. The van der Waals surface area contributed by atoms with Gasteiger partial charge < -0.3 is 4.42 Å². The van der Waals surface area contributed by atoms with Gasteiger partial charge in [-0.1, -0.05) is 25.8 Å². The molecule has 0 saturated heterocycles. The molecule has 1 unspecified atom stereocenters. The van der Waals surface area contributed by atoms with E-state index in [1.165, 1.54) is 25.7 Å². The second-order valence-electron chi connectivity index (χ2n) is 5.69. The molecule has 1 saturated carbocycles. The van der Waals surface area contributed by atoms with Gasteiger partial charge in [0.05, 0.1) is 10.9 Å². The van der Waals surface area contributed by atoms with Crippen LogP contribution in [0.1, 0.15) is 50.0 Å². The number of halogens is 1. The van der Waals surface area contributed by atoms with Crippen molar-refractivity contribution in [2.45, 2.75) is 50.9 Å². The van der Waals surface area contributed by atoms with Gasteiger partial charge in [0.25, 0.3) is 0 Å². The summed E-state index contributed by atoms with van der Waals surface area (Å²) in [4.78, 5) is 11.8. The van der Waals surface area contributed by atoms with Crippen LogP contribution in [-0.4, -0.2) is 4.57 Å². The van der Waals surface area contributed by atoms with Gasteiger partial charge in [-0.05, 0) is 42.9 Å². The normalized spacial score (nSPS) is 17.9. The first kappa shape index (κ1) is 13.7. The molecule has 1 heterocycles. The molecule has 1 atom stereocenters. The quantitative estimate of drug-likeness (QED) is 0.779. The summed E-state index contributed by atoms with van der Waals surface area (Å²) in [5.74, 6) is 0.282. The first-order valence-electron chi connectivity index (χ1n) is 7.48. The molecular formula is C16H20ClNO2. The number of fused-ring (bicyclic) bond motifs is 1. The fourth-order valence-electron chi connectivity index (χ4n) is 3.21. The van der Waals surface area contributed by atoms with E-state index in [2.05, 4.69) is 6.92 Å². The third-order valence-electron chi connectivity index (χ3n) is 4.27. The second kappa shape index (κ2) is 5.65. The zero-order valence-electron chi connectivity index (χ0n) is 11.8. The molecule has 0 N–H and O–H groups in total. The van der Waals surface area contributed by atoms with Crippen molar-refractivity contribution in [3.63, 3.8) is 0 Å². The minimum absolute atomic E-state index is 0.0294. The average Bonchev–Trinajstić information content (AvgIpc) is 3.07. The lowest BCUT2D eigenvalue weighted by Crippen LogP contribution is -2.13. The number of hydrogen-bond donors (Lipinski definition) is 0. The zero-order valence-corrected chi connectivity index (χ0v) is 12.5. The lowest BCUT2D eigenvalue weighted by atomic mass is 9.97. The highest BCUT2D eigenvalue weighted by Crippen LogP contribution is 2.40. The number of alkyl halides is 1. The van der Waals surface area contributed by atoms with Crippen LogP contribution < -0.4 is 5.76 Å². The van der Waals surface area contributed by atoms with Crippen molar-refractivity contribution in [2.75, 3.05) is 0 Å². The molecule has 0 bridgehead atoms. The lowest BCUT2D eigenvalue weighted by molar-refractivity contribution is 0.501. The van der Waals surface area contributed by atoms with Crippen LogP contribution >= 0.6 is 11.6 Å². The average molecular weight is 294 g/mol. The first-order valence-corrected chi connectivity index (χ1v) is 7.91. The maximum absolute atomic E-state index is 11.8. The molecule has 0 radical (unpaired) electrons. The monoisotopic (exact) mass is 293 g/mol. The van der Waals surface area contributed by atoms with E-state index >= 15 is 0 Å². The number of aromatic nitrogens is 1. The van der Waals surface area contributed by atoms with Gasteiger partial charge in [-0.2, -0.15) is 0 Å². The van der Waals surface area contributed by atoms with Gasteiger partial charge in [0.15, 0.2) is 5.58 Å². The standard InChI is InChI=1S/C16H20ClNO2/c1-2-9-18-13-8-7-12(10-14(13)20-16(18)19)15(17)11-5-3-4-6-11/h7-8,10-11,15H,2-6,9H2,1H3. The molecule has 3 rings (SSSR count). The fourth-order valence-corrected chi connectivity index (χ4v) is 3.60. The summed E-state index contributed by atoms with van der Waals surface area (Å²) in [7, 11) is 0. The van der Waals surface area contributed by atoms with Crippen LogP contribution in [0.5, 0.6) is 0 Å². The molecule has 4 heteroatoms. The van der Waals surface area contributed by atoms with Gasteiger partial charge in [-0.3, -0.25) is 4.57 Å². The third kappa shape index (κ3) is 2.39. The number of aryl methyl sites for hydroxylation is 1. The molecular weight excluding hydrogens is 274 g/mol. The predicted octanol–water partition coefficient (Wildman–Crippen LogP) is 4.47. The molecule has 0 aliphatic heterocycles. The van der Waals surface area contributed by atoms with Gasteiger partial charge >= 0.3 is 5.76 Å². The topological polar surface area (TPSA) is 35.1 Å². The fraction of sp³-hybridized carbons (Fsp3) is 0.562. The number of rotatable bonds is 4. The minimum Gasteiger partial charge on any atom is -0.408 e. The highest BCUT2D eigenvalue weighted by Gasteiger charge is 2.25. The van der Waals surface area contributed by atoms with E-state index in [1.807, 2.05) is 18.2 Å². The Morgan fingerprint density at radius 1 is 1.40 bits per heavy atom. The molecule has 0 spiro atoms. The smallest absolute Gasteiger partial charge is 0.408 e. The van der Waals surface area contributed by atoms with Crippen molar-refractivity contribution in [1.82, 2.24) is 4.57 Å². The Hall–Kier alpha value is -1.22. The molecule has 1 aromatic carbocycles. The lowest BCUT2D eigenvalue weighted by Gasteiger charge is -2.16. The maximum Gasteiger partial charge on any atom is 0.419 e. The van der Waals surface area contributed by atoms with E-state index in [4.69, 9.17) is 16.0 Å². The van der Waals surface area contributed by atoms with E-state index in [9.17, 15) is 4.79 Å². The summed E-state index contributed by atoms with van der Waals surface area (Å²) < 4.78 is 7.05. The first-order chi connectivity index (χ1) is 9.70. The Bertz CT molecular complexity index is 652. The van der Waals surface area contributed by atoms with Crippen LogP contribution in [0, 0.1) is 5.92 Å². The van der Waals surface area contributed by atoms with Gasteiger partial charge in [-0.25, -0.2) is 4.79 Å². The second-order valence-corrected chi connectivity index (χ2v) is 6.16. The SMILES string of the molecule is CCCn1c(=O)oc2cc(C(Cl)C3CCCC3)ccc21. The van der Waals surface area contributed by atoms with Crippen LogP contribution in [0.2, 0.25) is 0 Å². The molecule has 1 aromatic heterocycles. The number of oxazole rings is 1. The van der Waals surface area contributed by atoms with Gasteiger partial charge in [0.1, 0.15) is 0 Å². The maximum atomic E-state index is 11.8. The zero-order chi connectivity index (χ0) is 14.1. The third-order valence-corrected chi connectivity index (χ3v) is 4.88. The van der Waals surface area contributed by atoms with Crippen LogP contribution in [0.25, 0.3) is 11.1 Å². The largest absolute Gasteiger partial charge is 0.419 e. The van der Waals surface area contributed by atoms with Gasteiger partial charge in [0, 0.05) is 6.54 Å². The molecule has 1 aliphatic carbocycles. The summed E-state index contributed by atoms with van der Waals surface area (Å²) in [5, 5.41) is 0.0294. The summed E-state index contributed by atoms with van der Waals surface area (Å²) in [6, 6.07) is 5.95. The molecule has 0 amide bonds. The summed E-state index contributed by atoms with van der Waals surface area (Å²) in [6.45, 7) is 2.74. The van der Waals surface area contributed by atoms with E-state index in [0.29, 0.717) is 18.0 Å². The van der Waals surface area contributed by atoms with Crippen LogP contribution in [-0.2, 0) is 6.54 Å². The molecule has 1 aliphatic rings. The highest BCUT2D eigenvalue weighted by atomic mass is 35.5. The number of hydrogen-bond acceptors (Lipinski definition) is 2. The number of benzene rings is 1. The Kier molecular flexibility index (Phi) is 3.88. The summed E-state index contributed by atoms with van der Waals surface area (Å²) in [5.41, 5.74) is 2.60. The van der Waals surface area contributed by atoms with Crippen LogP contribution in [0.15, 0.2) is 27.4 Å². The molecule has 20 heavy (non-hydrogen) atoms. The summed E-state index contributed by atoms with van der Waals surface area (Å²) >= 11 is 6.59. The van der Waals surface area contributed by atoms with E-state index in [1.54, 1.807) is 4.57 Å². The Morgan fingerprint density at radius 2 is 2.15 bits per heavy atom. The van der Waals surface area contributed by atoms with Crippen molar-refractivity contribution in [3.05, 3.63) is 34.3 Å². The Labute approximate surface area is 123 Å². The van der Waals surface area contributed by atoms with Crippen molar-refractivity contribution < 1.29 is 4.42 Å². The highest BCUT2D eigenvalue weighted by molar-refractivity contribution is 6.21. The van der Waals surface area contributed by atoms with Crippen molar-refractivity contribution in [3.8, 4) is 0 Å². The van der Waals surface area contributed by atoms with E-state index in [0.717, 1.165) is 17.5 Å². The molecule has 108 valence electrons. The van der Waals surface area contributed by atoms with Gasteiger partial charge in [0.2, 0.25) is 0 Å². The Morgan fingerprint density at radius 3 is 2.85 bits per heavy atom. The van der Waals surface area contributed by atoms with Crippen molar-refractivity contribution in [1.29, 1.82) is 0 Å². The van der Waals surface area contributed by atoms with Crippen molar-refractivity contribution in [2.24, 2.45) is 5.92 Å².